The Bertz CT molecular complexity index is 1070. The van der Waals surface area contributed by atoms with Crippen molar-refractivity contribution in [3.05, 3.63) is 59.2 Å². The van der Waals surface area contributed by atoms with Crippen molar-refractivity contribution in [3.8, 4) is 11.5 Å². The van der Waals surface area contributed by atoms with Crippen molar-refractivity contribution in [1.82, 2.24) is 5.32 Å². The molecule has 168 valence electrons. The first-order valence-corrected chi connectivity index (χ1v) is 12.1. The zero-order valence-corrected chi connectivity index (χ0v) is 18.6. The third-order valence-electron chi connectivity index (χ3n) is 9.76. The number of fused-ring (bicyclic) bond motifs is 2. The molecule has 6 atom stereocenters. The summed E-state index contributed by atoms with van der Waals surface area (Å²) >= 11 is 0. The Morgan fingerprint density at radius 3 is 2.84 bits per heavy atom. The largest absolute Gasteiger partial charge is 0.504 e. The van der Waals surface area contributed by atoms with Crippen molar-refractivity contribution >= 4 is 0 Å². The van der Waals surface area contributed by atoms with E-state index in [2.05, 4.69) is 35.6 Å². The number of piperidine rings is 1. The molecule has 0 amide bonds. The lowest BCUT2D eigenvalue weighted by atomic mass is 9.35. The minimum atomic E-state index is -0.388. The molecule has 2 aromatic carbocycles. The maximum atomic E-state index is 10.8. The highest BCUT2D eigenvalue weighted by Crippen LogP contribution is 2.75. The van der Waals surface area contributed by atoms with E-state index < -0.39 is 0 Å². The molecule has 0 aromatic heterocycles. The molecule has 32 heavy (non-hydrogen) atoms. The summed E-state index contributed by atoms with van der Waals surface area (Å²) < 4.78 is 19.5. The predicted molar refractivity (Wildman–Crippen MR) is 120 cm³/mol. The summed E-state index contributed by atoms with van der Waals surface area (Å²) in [7, 11) is 1.85. The van der Waals surface area contributed by atoms with Gasteiger partial charge in [0.1, 0.15) is 11.7 Å². The quantitative estimate of drug-likeness (QED) is 0.753. The van der Waals surface area contributed by atoms with Gasteiger partial charge in [-0.2, -0.15) is 0 Å². The summed E-state index contributed by atoms with van der Waals surface area (Å²) in [5.74, 6) is 1.28. The van der Waals surface area contributed by atoms with Crippen molar-refractivity contribution in [2.24, 2.45) is 11.3 Å². The molecule has 4 bridgehead atoms. The second-order valence-corrected chi connectivity index (χ2v) is 10.6. The number of rotatable bonds is 5. The normalized spacial score (nSPS) is 40.1. The number of aromatic hydroxyl groups is 1. The predicted octanol–water partition coefficient (Wildman–Crippen LogP) is 3.71. The summed E-state index contributed by atoms with van der Waals surface area (Å²) in [6.07, 6.45) is 5.19. The first kappa shape index (κ1) is 19.4. The number of methoxy groups -OCH3 is 1. The van der Waals surface area contributed by atoms with Crippen LogP contribution in [0.15, 0.2) is 42.5 Å². The Balaban J connectivity index is 1.31. The van der Waals surface area contributed by atoms with Crippen LogP contribution < -0.4 is 10.1 Å². The van der Waals surface area contributed by atoms with Gasteiger partial charge in [-0.15, -0.1) is 0 Å². The van der Waals surface area contributed by atoms with Crippen LogP contribution in [-0.4, -0.2) is 43.1 Å². The van der Waals surface area contributed by atoms with Crippen molar-refractivity contribution in [2.45, 2.75) is 61.9 Å². The molecule has 1 unspecified atom stereocenters. The molecule has 5 nitrogen and oxygen atoms in total. The minimum Gasteiger partial charge on any atom is -0.504 e. The molecular weight excluding hydrogens is 402 g/mol. The van der Waals surface area contributed by atoms with Gasteiger partial charge in [-0.1, -0.05) is 36.4 Å². The monoisotopic (exact) mass is 433 g/mol. The van der Waals surface area contributed by atoms with Gasteiger partial charge in [0.2, 0.25) is 0 Å². The molecule has 8 rings (SSSR count). The summed E-state index contributed by atoms with van der Waals surface area (Å²) in [6.45, 7) is 2.28. The first-order valence-electron chi connectivity index (χ1n) is 12.1. The maximum Gasteiger partial charge on any atom is 0.165 e. The van der Waals surface area contributed by atoms with E-state index in [1.54, 1.807) is 0 Å². The van der Waals surface area contributed by atoms with Crippen LogP contribution in [0.1, 0.15) is 42.4 Å². The highest BCUT2D eigenvalue weighted by Gasteiger charge is 2.79. The average molecular weight is 434 g/mol. The Labute approximate surface area is 189 Å². The van der Waals surface area contributed by atoms with Gasteiger partial charge < -0.3 is 24.6 Å². The lowest BCUT2D eigenvalue weighted by molar-refractivity contribution is -0.271. The number of hydrogen-bond donors (Lipinski definition) is 2. The van der Waals surface area contributed by atoms with E-state index in [9.17, 15) is 5.11 Å². The van der Waals surface area contributed by atoms with Gasteiger partial charge in [-0.25, -0.2) is 0 Å². The maximum absolute atomic E-state index is 10.8. The molecule has 2 aliphatic heterocycles. The van der Waals surface area contributed by atoms with Crippen molar-refractivity contribution in [1.29, 1.82) is 0 Å². The summed E-state index contributed by atoms with van der Waals surface area (Å²) in [4.78, 5) is 0. The van der Waals surface area contributed by atoms with E-state index in [-0.39, 0.29) is 34.2 Å². The van der Waals surface area contributed by atoms with Gasteiger partial charge >= 0.3 is 0 Å². The topological polar surface area (TPSA) is 60.0 Å². The van der Waals surface area contributed by atoms with Crippen molar-refractivity contribution < 1.29 is 19.3 Å². The average Bonchev–Trinajstić information content (AvgIpc) is 3.18. The fraction of sp³-hybridized carbons (Fsp3) is 0.556. The van der Waals surface area contributed by atoms with Crippen LogP contribution in [0, 0.1) is 11.3 Å². The van der Waals surface area contributed by atoms with Gasteiger partial charge in [-0.3, -0.25) is 0 Å². The summed E-state index contributed by atoms with van der Waals surface area (Å²) in [5, 5.41) is 14.7. The summed E-state index contributed by atoms with van der Waals surface area (Å²) in [6, 6.07) is 14.8. The van der Waals surface area contributed by atoms with E-state index >= 15 is 0 Å². The number of nitrogens with one attached hydrogen (secondary N) is 1. The van der Waals surface area contributed by atoms with Crippen LogP contribution in [0.25, 0.3) is 0 Å². The molecule has 3 saturated carbocycles. The fourth-order valence-electron chi connectivity index (χ4n) is 8.58. The molecule has 4 aliphatic carbocycles. The van der Waals surface area contributed by atoms with Crippen molar-refractivity contribution in [3.63, 3.8) is 0 Å². The lowest BCUT2D eigenvalue weighted by Gasteiger charge is -2.72. The molecule has 2 aromatic rings. The Morgan fingerprint density at radius 2 is 2.00 bits per heavy atom. The molecule has 2 N–H and O–H groups in total. The second-order valence-electron chi connectivity index (χ2n) is 10.6. The minimum absolute atomic E-state index is 0.0697. The van der Waals surface area contributed by atoms with Gasteiger partial charge in [0.25, 0.3) is 0 Å². The number of benzene rings is 2. The highest BCUT2D eigenvalue weighted by molar-refractivity contribution is 5.63. The molecule has 6 aliphatic rings. The SMILES string of the molecule is CO[C@]12CC[C@@]3(C[C@@H]1COCc1ccccc1)C1Cc4ccc(O)c5c4[C@@]3(CCN1)[C@H]2O5. The van der Waals surface area contributed by atoms with Crippen LogP contribution in [0.4, 0.5) is 0 Å². The standard InChI is InChI=1S/C27H31NO4/c1-30-27-10-9-25(14-19(27)16-31-15-17-5-3-2-4-6-17)21-13-18-7-8-20(29)23-22(18)26(25,11-12-28-21)24(27)32-23/h2-8,19,21,24,28-29H,9-16H2,1H3/t19-,21?,24-,25-,26+,27-/m1/s1. The van der Waals surface area contributed by atoms with E-state index in [0.717, 1.165) is 44.4 Å². The van der Waals surface area contributed by atoms with Crippen molar-refractivity contribution in [2.75, 3.05) is 20.3 Å². The smallest absolute Gasteiger partial charge is 0.165 e. The zero-order chi connectivity index (χ0) is 21.6. The van der Waals surface area contributed by atoms with E-state index in [4.69, 9.17) is 14.2 Å². The third-order valence-corrected chi connectivity index (χ3v) is 9.76. The molecule has 0 radical (unpaired) electrons. The lowest BCUT2D eigenvalue weighted by Crippen LogP contribution is -2.81. The number of hydrogen-bond acceptors (Lipinski definition) is 5. The Hall–Kier alpha value is -2.08. The van der Waals surface area contributed by atoms with Gasteiger partial charge in [-0.05, 0) is 55.8 Å². The van der Waals surface area contributed by atoms with Gasteiger partial charge in [0.15, 0.2) is 11.5 Å². The van der Waals surface area contributed by atoms with Crippen LogP contribution in [0.5, 0.6) is 11.5 Å². The molecule has 2 spiro atoms. The number of ether oxygens (including phenoxy) is 3. The molecule has 2 heterocycles. The summed E-state index contributed by atoms with van der Waals surface area (Å²) in [5.41, 5.74) is 3.51. The van der Waals surface area contributed by atoms with E-state index in [1.165, 1.54) is 16.7 Å². The molecule has 5 heteroatoms. The number of phenols is 1. The van der Waals surface area contributed by atoms with Crippen LogP contribution >= 0.6 is 0 Å². The van der Waals surface area contributed by atoms with Crippen LogP contribution in [-0.2, 0) is 27.9 Å². The van der Waals surface area contributed by atoms with E-state index in [0.29, 0.717) is 19.3 Å². The zero-order valence-electron chi connectivity index (χ0n) is 18.6. The van der Waals surface area contributed by atoms with Gasteiger partial charge in [0.05, 0.1) is 13.2 Å². The second kappa shape index (κ2) is 6.49. The van der Waals surface area contributed by atoms with Crippen LogP contribution in [0.3, 0.4) is 0 Å². The molecular formula is C27H31NO4. The molecule has 4 fully saturated rings. The Morgan fingerprint density at radius 1 is 1.12 bits per heavy atom. The highest BCUT2D eigenvalue weighted by atomic mass is 16.6. The van der Waals surface area contributed by atoms with E-state index in [1.807, 2.05) is 19.2 Å². The third kappa shape index (κ3) is 2.11. The van der Waals surface area contributed by atoms with Crippen LogP contribution in [0.2, 0.25) is 0 Å². The Kier molecular flexibility index (Phi) is 3.94. The number of phenolic OH excluding ortho intramolecular Hbond substituents is 1. The fourth-order valence-corrected chi connectivity index (χ4v) is 8.58. The molecule has 1 saturated heterocycles. The van der Waals surface area contributed by atoms with Gasteiger partial charge in [0, 0.05) is 35.5 Å². The first-order chi connectivity index (χ1) is 15.6.